The van der Waals surface area contributed by atoms with Gasteiger partial charge in [-0.3, -0.25) is 57.8 Å². The molecule has 0 saturated carbocycles. The number of carboxylic acid groups (broad SMARTS) is 2. The van der Waals surface area contributed by atoms with Crippen LogP contribution in [-0.4, -0.2) is 271 Å². The third kappa shape index (κ3) is 19.2. The van der Waals surface area contributed by atoms with E-state index in [1.807, 2.05) is 59.7 Å². The van der Waals surface area contributed by atoms with Crippen molar-refractivity contribution in [1.29, 1.82) is 0 Å². The zero-order valence-corrected chi connectivity index (χ0v) is 45.0. The van der Waals surface area contributed by atoms with Gasteiger partial charge in [0.25, 0.3) is 5.91 Å². The average molecular weight is 1100 g/mol. The molecule has 430 valence electrons. The first kappa shape index (κ1) is 60.9. The van der Waals surface area contributed by atoms with Crippen molar-refractivity contribution in [3.63, 3.8) is 0 Å². The average Bonchev–Trinajstić information content (AvgIpc) is 4.10. The molecule has 0 radical (unpaired) electrons. The molecular formula is C52H77N11O15. The number of hydrogen-bond acceptors (Lipinski definition) is 20. The highest BCUT2D eigenvalue weighted by molar-refractivity contribution is 5.92. The molecule has 78 heavy (non-hydrogen) atoms. The summed E-state index contributed by atoms with van der Waals surface area (Å²) in [5.41, 5.74) is 2.62. The molecule has 26 nitrogen and oxygen atoms in total. The highest BCUT2D eigenvalue weighted by atomic mass is 16.6. The lowest BCUT2D eigenvalue weighted by Gasteiger charge is -2.34. The molecule has 3 aliphatic rings. The number of aliphatic carboxylic acids is 2. The number of nitrogens with one attached hydrogen (secondary N) is 2. The highest BCUT2D eigenvalue weighted by Gasteiger charge is 2.35. The second-order valence-corrected chi connectivity index (χ2v) is 19.5. The maximum absolute atomic E-state index is 13.1. The van der Waals surface area contributed by atoms with Gasteiger partial charge in [-0.25, -0.2) is 0 Å². The second-order valence-electron chi connectivity index (χ2n) is 19.5. The molecule has 2 aromatic carbocycles. The van der Waals surface area contributed by atoms with Crippen molar-refractivity contribution in [1.82, 2.24) is 54.8 Å². The van der Waals surface area contributed by atoms with Crippen molar-refractivity contribution < 1.29 is 72.9 Å². The number of aromatic nitrogens is 3. The largest absolute Gasteiger partial charge is 0.508 e. The number of phenols is 2. The number of hydrogen-bond donors (Lipinski definition) is 6. The quantitative estimate of drug-likeness (QED) is 0.0402. The second kappa shape index (κ2) is 31.3. The maximum Gasteiger partial charge on any atom is 0.321 e. The molecule has 1 atom stereocenters. The van der Waals surface area contributed by atoms with Crippen LogP contribution in [0.5, 0.6) is 11.5 Å². The van der Waals surface area contributed by atoms with E-state index in [4.69, 9.17) is 23.7 Å². The fourth-order valence-electron chi connectivity index (χ4n) is 9.21. The van der Waals surface area contributed by atoms with Gasteiger partial charge in [-0.2, -0.15) is 0 Å². The molecule has 3 aliphatic heterocycles. The Morgan fingerprint density at radius 3 is 1.87 bits per heavy atom. The number of phenolic OH excluding ortho intramolecular Hbond substituents is 2. The zero-order chi connectivity index (χ0) is 56.0. The van der Waals surface area contributed by atoms with Crippen molar-refractivity contribution in [3.8, 4) is 28.6 Å². The highest BCUT2D eigenvalue weighted by Crippen LogP contribution is 2.38. The van der Waals surface area contributed by atoms with Crippen molar-refractivity contribution in [3.05, 3.63) is 53.3 Å². The number of carbonyl (C=O) groups is 6. The van der Waals surface area contributed by atoms with Crippen LogP contribution >= 0.6 is 0 Å². The SMILES string of the molecule is CCNC(=O)c1nnc(-c2cc(C(C)C)c(O)cc2O)n1-c1ccc(CN2CCN(C(=O)CCOCCOCCOCCOCCNC(=O)CN3CCN(CC(=O)O)CCN(CC(=O)O)CCN4CC(=O)OC4C3)CC2)cc1. The summed E-state index contributed by atoms with van der Waals surface area (Å²) in [6, 6.07) is 10.6. The van der Waals surface area contributed by atoms with E-state index >= 15 is 0 Å². The summed E-state index contributed by atoms with van der Waals surface area (Å²) in [6.45, 7) is 13.9. The van der Waals surface area contributed by atoms with Crippen LogP contribution in [0.1, 0.15) is 54.9 Å². The third-order valence-corrected chi connectivity index (χ3v) is 13.4. The molecule has 0 bridgehead atoms. The maximum atomic E-state index is 13.1. The van der Waals surface area contributed by atoms with Gasteiger partial charge in [-0.1, -0.05) is 26.0 Å². The predicted octanol–water partition coefficient (Wildman–Crippen LogP) is -0.291. The monoisotopic (exact) mass is 1100 g/mol. The van der Waals surface area contributed by atoms with Crippen LogP contribution in [0.3, 0.4) is 0 Å². The summed E-state index contributed by atoms with van der Waals surface area (Å²) in [7, 11) is 0. The molecule has 3 amide bonds. The molecule has 3 aromatic rings. The number of fused-ring (bicyclic) bond motifs is 1. The Bertz CT molecular complexity index is 2440. The smallest absolute Gasteiger partial charge is 0.321 e. The summed E-state index contributed by atoms with van der Waals surface area (Å²) >= 11 is 0. The van der Waals surface area contributed by atoms with Gasteiger partial charge in [0.05, 0.1) is 97.6 Å². The molecule has 1 aromatic heterocycles. The number of rotatable bonds is 28. The molecule has 3 fully saturated rings. The summed E-state index contributed by atoms with van der Waals surface area (Å²) in [5, 5.41) is 54.3. The van der Waals surface area contributed by atoms with E-state index in [0.29, 0.717) is 135 Å². The molecule has 0 spiro atoms. The van der Waals surface area contributed by atoms with E-state index in [1.165, 1.54) is 6.07 Å². The van der Waals surface area contributed by atoms with E-state index in [2.05, 4.69) is 25.7 Å². The molecule has 3 saturated heterocycles. The Morgan fingerprint density at radius 2 is 1.27 bits per heavy atom. The molecule has 0 aliphatic carbocycles. The van der Waals surface area contributed by atoms with E-state index < -0.39 is 30.0 Å². The fourth-order valence-corrected chi connectivity index (χ4v) is 9.21. The number of carboxylic acids is 2. The van der Waals surface area contributed by atoms with Crippen molar-refractivity contribution in [2.75, 3.05) is 164 Å². The number of nitrogens with zero attached hydrogens (tertiary/aromatic N) is 9. The van der Waals surface area contributed by atoms with Crippen LogP contribution < -0.4 is 10.6 Å². The molecule has 26 heteroatoms. The number of carbonyl (C=O) groups excluding carboxylic acids is 4. The molecule has 6 rings (SSSR count). The van der Waals surface area contributed by atoms with Gasteiger partial charge in [0.2, 0.25) is 17.6 Å². The minimum atomic E-state index is -1.02. The third-order valence-electron chi connectivity index (χ3n) is 13.4. The van der Waals surface area contributed by atoms with Crippen LogP contribution in [0.15, 0.2) is 36.4 Å². The lowest BCUT2D eigenvalue weighted by atomic mass is 9.98. The van der Waals surface area contributed by atoms with Crippen molar-refractivity contribution >= 4 is 35.6 Å². The molecule has 4 heterocycles. The number of piperazine rings is 1. The summed E-state index contributed by atoms with van der Waals surface area (Å²) in [6.07, 6.45) is -0.369. The molecule has 1 unspecified atom stereocenters. The van der Waals surface area contributed by atoms with E-state index in [9.17, 15) is 49.2 Å². The number of ether oxygens (including phenoxy) is 5. The summed E-state index contributed by atoms with van der Waals surface area (Å²) in [5.74, 6) is -3.02. The first-order valence-electron chi connectivity index (χ1n) is 26.6. The first-order valence-corrected chi connectivity index (χ1v) is 26.6. The Morgan fingerprint density at radius 1 is 0.692 bits per heavy atom. The van der Waals surface area contributed by atoms with Gasteiger partial charge < -0.3 is 59.6 Å². The summed E-state index contributed by atoms with van der Waals surface area (Å²) in [4.78, 5) is 85.4. The predicted molar refractivity (Wildman–Crippen MR) is 281 cm³/mol. The lowest BCUT2D eigenvalue weighted by Crippen LogP contribution is -2.51. The minimum absolute atomic E-state index is 0.0144. The van der Waals surface area contributed by atoms with Crippen LogP contribution in [-0.2, 0) is 54.2 Å². The fraction of sp³-hybridized carbons (Fsp3) is 0.615. The van der Waals surface area contributed by atoms with Crippen molar-refractivity contribution in [2.24, 2.45) is 0 Å². The Kier molecular flexibility index (Phi) is 24.4. The number of esters is 1. The first-order chi connectivity index (χ1) is 37.6. The van der Waals surface area contributed by atoms with Crippen LogP contribution in [0.25, 0.3) is 17.1 Å². The van der Waals surface area contributed by atoms with Gasteiger partial charge in [0.1, 0.15) is 11.5 Å². The normalized spacial score (nSPS) is 17.6. The molecular weight excluding hydrogens is 1020 g/mol. The van der Waals surface area contributed by atoms with Crippen molar-refractivity contribution in [2.45, 2.75) is 45.9 Å². The van der Waals surface area contributed by atoms with Gasteiger partial charge in [-0.05, 0) is 42.2 Å². The van der Waals surface area contributed by atoms with E-state index in [1.54, 1.807) is 20.4 Å². The van der Waals surface area contributed by atoms with Gasteiger partial charge >= 0.3 is 17.9 Å². The Labute approximate surface area is 454 Å². The lowest BCUT2D eigenvalue weighted by molar-refractivity contribution is -0.143. The van der Waals surface area contributed by atoms with Crippen LogP contribution in [0.2, 0.25) is 0 Å². The summed E-state index contributed by atoms with van der Waals surface area (Å²) < 4.78 is 29.6. The van der Waals surface area contributed by atoms with Gasteiger partial charge in [0, 0.05) is 96.8 Å². The standard InChI is InChI=1S/C52H77N11O15/c1-4-53-52(73)51-56-55-50(41-29-40(37(2)3)42(64)30-43(41)65)63(51)39-7-5-38(6-8-39)31-57-15-18-61(19-16-57)45(67)9-21-74-23-25-76-27-28-77-26-24-75-22-10-54-44(66)32-60-14-13-58(34-47(68)69)11-12-59(35-48(70)71)17-20-62-36-49(72)78-46(62)33-60/h5-8,29-30,37,46,64-65H,4,9-28,31-36H2,1-3H3,(H,53,73)(H,54,66)(H,68,69)(H,70,71). The molecule has 6 N–H and O–H groups in total. The van der Waals surface area contributed by atoms with Gasteiger partial charge in [0.15, 0.2) is 12.1 Å². The minimum Gasteiger partial charge on any atom is -0.508 e. The van der Waals surface area contributed by atoms with Crippen LogP contribution in [0, 0.1) is 0 Å². The Hall–Kier alpha value is -6.36. The van der Waals surface area contributed by atoms with Gasteiger partial charge in [-0.15, -0.1) is 10.2 Å². The van der Waals surface area contributed by atoms with E-state index in [0.717, 1.165) is 5.56 Å². The Balaban J connectivity index is 0.796. The number of amides is 3. The number of aromatic hydroxyl groups is 2. The topological polar surface area (TPSA) is 304 Å². The van der Waals surface area contributed by atoms with E-state index in [-0.39, 0.29) is 99.8 Å². The number of benzene rings is 2. The zero-order valence-electron chi connectivity index (χ0n) is 45.0. The van der Waals surface area contributed by atoms with Crippen LogP contribution in [0.4, 0.5) is 0 Å².